The zero-order valence-electron chi connectivity index (χ0n) is 10.3. The second-order valence-corrected chi connectivity index (χ2v) is 5.70. The minimum atomic E-state index is 0.121. The Morgan fingerprint density at radius 3 is 2.94 bits per heavy atom. The molecule has 1 saturated carbocycles. The van der Waals surface area contributed by atoms with E-state index in [1.54, 1.807) is 11.8 Å². The van der Waals surface area contributed by atoms with E-state index < -0.39 is 0 Å². The molecule has 1 amide bonds. The Bertz CT molecular complexity index is 481. The molecule has 2 rings (SSSR count). The first-order valence-corrected chi connectivity index (χ1v) is 7.10. The predicted molar refractivity (Wildman–Crippen MR) is 73.3 cm³/mol. The summed E-state index contributed by atoms with van der Waals surface area (Å²) in [4.78, 5) is 12.9. The average Bonchev–Trinajstić information content (AvgIpc) is 3.09. The smallest absolute Gasteiger partial charge is 0.227 e. The molecule has 2 unspecified atom stereocenters. The largest absolute Gasteiger partial charge is 0.325 e. The highest BCUT2D eigenvalue weighted by Gasteiger charge is 2.39. The maximum absolute atomic E-state index is 11.9. The molecule has 3 nitrogen and oxygen atoms in total. The van der Waals surface area contributed by atoms with Crippen molar-refractivity contribution in [1.29, 1.82) is 5.26 Å². The van der Waals surface area contributed by atoms with Crippen LogP contribution in [0.4, 0.5) is 5.69 Å². The summed E-state index contributed by atoms with van der Waals surface area (Å²) in [5.41, 5.74) is 0.865. The van der Waals surface area contributed by atoms with E-state index in [-0.39, 0.29) is 11.8 Å². The highest BCUT2D eigenvalue weighted by molar-refractivity contribution is 7.99. The summed E-state index contributed by atoms with van der Waals surface area (Å²) in [6, 6.07) is 9.89. The van der Waals surface area contributed by atoms with Crippen LogP contribution >= 0.6 is 11.8 Å². The molecule has 18 heavy (non-hydrogen) atoms. The number of carbonyl (C=O) groups excluding carboxylic acids is 1. The van der Waals surface area contributed by atoms with Gasteiger partial charge in [-0.3, -0.25) is 4.79 Å². The molecule has 1 aromatic rings. The lowest BCUT2D eigenvalue weighted by atomic mass is 10.3. The molecular formula is C14H16N2OS. The first-order valence-electron chi connectivity index (χ1n) is 6.12. The van der Waals surface area contributed by atoms with Crippen molar-refractivity contribution < 1.29 is 4.79 Å². The number of thioether (sulfide) groups is 1. The number of para-hydroxylation sites is 1. The topological polar surface area (TPSA) is 52.9 Å². The van der Waals surface area contributed by atoms with Crippen LogP contribution in [-0.4, -0.2) is 11.7 Å². The fourth-order valence-electron chi connectivity index (χ4n) is 1.82. The molecule has 2 atom stereocenters. The standard InChI is InChI=1S/C14H16N2OS/c1-10-9-11(10)14(17)16-12-5-2-3-6-13(12)18-8-4-7-15/h2-3,5-6,10-11H,4,8-9H2,1H3,(H,16,17). The van der Waals surface area contributed by atoms with Crippen LogP contribution in [0.3, 0.4) is 0 Å². The number of amides is 1. The van der Waals surface area contributed by atoms with Crippen LogP contribution in [0.2, 0.25) is 0 Å². The SMILES string of the molecule is CC1CC1C(=O)Nc1ccccc1SCCC#N. The van der Waals surface area contributed by atoms with Crippen molar-refractivity contribution in [3.05, 3.63) is 24.3 Å². The van der Waals surface area contributed by atoms with Gasteiger partial charge in [0.25, 0.3) is 0 Å². The lowest BCUT2D eigenvalue weighted by molar-refractivity contribution is -0.117. The van der Waals surface area contributed by atoms with Crippen molar-refractivity contribution in [3.63, 3.8) is 0 Å². The van der Waals surface area contributed by atoms with E-state index >= 15 is 0 Å². The van der Waals surface area contributed by atoms with Crippen molar-refractivity contribution in [2.75, 3.05) is 11.1 Å². The number of hydrogen-bond donors (Lipinski definition) is 1. The van der Waals surface area contributed by atoms with Crippen LogP contribution in [0.15, 0.2) is 29.2 Å². The van der Waals surface area contributed by atoms with Crippen LogP contribution < -0.4 is 5.32 Å². The van der Waals surface area contributed by atoms with Gasteiger partial charge in [-0.2, -0.15) is 5.26 Å². The Labute approximate surface area is 112 Å². The number of nitrogens with one attached hydrogen (secondary N) is 1. The second-order valence-electron chi connectivity index (χ2n) is 4.56. The monoisotopic (exact) mass is 260 g/mol. The summed E-state index contributed by atoms with van der Waals surface area (Å²) in [6.07, 6.45) is 1.52. The minimum absolute atomic E-state index is 0.121. The number of anilines is 1. The summed E-state index contributed by atoms with van der Waals surface area (Å²) >= 11 is 1.61. The summed E-state index contributed by atoms with van der Waals surface area (Å²) in [5.74, 6) is 1.57. The molecule has 0 aliphatic heterocycles. The van der Waals surface area contributed by atoms with Crippen LogP contribution in [0.1, 0.15) is 19.8 Å². The Morgan fingerprint density at radius 1 is 1.56 bits per heavy atom. The van der Waals surface area contributed by atoms with Gasteiger partial charge in [0, 0.05) is 23.0 Å². The fourth-order valence-corrected chi connectivity index (χ4v) is 2.68. The molecule has 1 N–H and O–H groups in total. The Kier molecular flexibility index (Phi) is 4.27. The predicted octanol–water partition coefficient (Wildman–Crippen LogP) is 3.29. The van der Waals surface area contributed by atoms with E-state index in [2.05, 4.69) is 18.3 Å². The maximum atomic E-state index is 11.9. The normalized spacial score (nSPS) is 21.1. The van der Waals surface area contributed by atoms with Gasteiger partial charge in [-0.15, -0.1) is 11.8 Å². The fraction of sp³-hybridized carbons (Fsp3) is 0.429. The molecule has 0 aromatic heterocycles. The maximum Gasteiger partial charge on any atom is 0.227 e. The summed E-state index contributed by atoms with van der Waals surface area (Å²) < 4.78 is 0. The highest BCUT2D eigenvalue weighted by atomic mass is 32.2. The van der Waals surface area contributed by atoms with Gasteiger partial charge < -0.3 is 5.32 Å². The zero-order valence-corrected chi connectivity index (χ0v) is 11.2. The Balaban J connectivity index is 1.98. The molecule has 94 valence electrons. The third-order valence-electron chi connectivity index (χ3n) is 3.06. The Morgan fingerprint density at radius 2 is 2.28 bits per heavy atom. The summed E-state index contributed by atoms with van der Waals surface area (Å²) in [7, 11) is 0. The van der Waals surface area contributed by atoms with E-state index in [0.717, 1.165) is 22.8 Å². The number of rotatable bonds is 5. The van der Waals surface area contributed by atoms with E-state index in [0.29, 0.717) is 12.3 Å². The van der Waals surface area contributed by atoms with E-state index in [9.17, 15) is 4.79 Å². The van der Waals surface area contributed by atoms with Crippen LogP contribution in [0, 0.1) is 23.2 Å². The van der Waals surface area contributed by atoms with Crippen molar-refractivity contribution in [1.82, 2.24) is 0 Å². The number of carbonyl (C=O) groups is 1. The molecule has 0 heterocycles. The molecule has 0 saturated heterocycles. The summed E-state index contributed by atoms with van der Waals surface area (Å²) in [6.45, 7) is 2.10. The van der Waals surface area contributed by atoms with Crippen LogP contribution in [0.25, 0.3) is 0 Å². The van der Waals surface area contributed by atoms with Crippen LogP contribution in [0.5, 0.6) is 0 Å². The van der Waals surface area contributed by atoms with Gasteiger partial charge >= 0.3 is 0 Å². The highest BCUT2D eigenvalue weighted by Crippen LogP contribution is 2.39. The van der Waals surface area contributed by atoms with Gasteiger partial charge in [-0.1, -0.05) is 19.1 Å². The summed E-state index contributed by atoms with van der Waals surface area (Å²) in [5, 5.41) is 11.5. The van der Waals surface area contributed by atoms with E-state index in [4.69, 9.17) is 5.26 Å². The third-order valence-corrected chi connectivity index (χ3v) is 4.14. The lowest BCUT2D eigenvalue weighted by Gasteiger charge is -2.09. The number of nitriles is 1. The van der Waals surface area contributed by atoms with Gasteiger partial charge in [-0.25, -0.2) is 0 Å². The van der Waals surface area contributed by atoms with Gasteiger partial charge in [0.1, 0.15) is 0 Å². The van der Waals surface area contributed by atoms with Gasteiger partial charge in [0.15, 0.2) is 0 Å². The minimum Gasteiger partial charge on any atom is -0.325 e. The number of nitrogens with zero attached hydrogens (tertiary/aromatic N) is 1. The van der Waals surface area contributed by atoms with Crippen molar-refractivity contribution >= 4 is 23.4 Å². The van der Waals surface area contributed by atoms with Crippen molar-refractivity contribution in [3.8, 4) is 6.07 Å². The number of benzene rings is 1. The van der Waals surface area contributed by atoms with Crippen molar-refractivity contribution in [2.45, 2.75) is 24.7 Å². The van der Waals surface area contributed by atoms with Gasteiger partial charge in [0.05, 0.1) is 11.8 Å². The molecule has 4 heteroatoms. The molecule has 0 radical (unpaired) electrons. The van der Waals surface area contributed by atoms with Crippen LogP contribution in [-0.2, 0) is 4.79 Å². The molecule has 1 aliphatic carbocycles. The third kappa shape index (κ3) is 3.27. The molecule has 0 spiro atoms. The first kappa shape index (κ1) is 13.0. The molecule has 1 aliphatic rings. The lowest BCUT2D eigenvalue weighted by Crippen LogP contribution is -2.14. The van der Waals surface area contributed by atoms with Gasteiger partial charge in [-0.05, 0) is 24.5 Å². The molecule has 1 aromatic carbocycles. The van der Waals surface area contributed by atoms with E-state index in [1.807, 2.05) is 24.3 Å². The molecule has 0 bridgehead atoms. The average molecular weight is 260 g/mol. The second kappa shape index (κ2) is 5.92. The first-order chi connectivity index (χ1) is 8.72. The quantitative estimate of drug-likeness (QED) is 0.653. The number of hydrogen-bond acceptors (Lipinski definition) is 3. The van der Waals surface area contributed by atoms with Crippen molar-refractivity contribution in [2.24, 2.45) is 11.8 Å². The van der Waals surface area contributed by atoms with Gasteiger partial charge in [0.2, 0.25) is 5.91 Å². The molecule has 1 fully saturated rings. The molecular weight excluding hydrogens is 244 g/mol. The Hall–Kier alpha value is -1.47. The zero-order chi connectivity index (χ0) is 13.0. The van der Waals surface area contributed by atoms with E-state index in [1.165, 1.54) is 0 Å².